The fraction of sp³-hybridized carbons (Fsp3) is 0.333. The molecule has 2 aromatic carbocycles. The second-order valence-corrected chi connectivity index (χ2v) is 5.77. The summed E-state index contributed by atoms with van der Waals surface area (Å²) >= 11 is 0. The lowest BCUT2D eigenvalue weighted by atomic mass is 9.98. The summed E-state index contributed by atoms with van der Waals surface area (Å²) < 4.78 is 0. The fourth-order valence-electron chi connectivity index (χ4n) is 2.41. The van der Waals surface area contributed by atoms with Crippen LogP contribution in [-0.2, 0) is 11.2 Å². The molecule has 0 bridgehead atoms. The standard InChI is InChI=1S/C18H22N2O2/c1-19(2)10-11-20(3)18(22)12-14-8-9-15(13-21)17-7-5-4-6-16(14)17/h4-9,13H,10-12H2,1-3H3. The third-order valence-electron chi connectivity index (χ3n) is 3.83. The smallest absolute Gasteiger partial charge is 0.226 e. The van der Waals surface area contributed by atoms with Crippen LogP contribution < -0.4 is 0 Å². The van der Waals surface area contributed by atoms with Crippen LogP contribution in [0.15, 0.2) is 36.4 Å². The Hall–Kier alpha value is -2.20. The molecule has 0 aliphatic heterocycles. The van der Waals surface area contributed by atoms with E-state index in [0.717, 1.165) is 29.2 Å². The van der Waals surface area contributed by atoms with Gasteiger partial charge in [0.25, 0.3) is 0 Å². The second-order valence-electron chi connectivity index (χ2n) is 5.77. The number of rotatable bonds is 6. The van der Waals surface area contributed by atoms with E-state index in [1.165, 1.54) is 0 Å². The highest BCUT2D eigenvalue weighted by Gasteiger charge is 2.13. The van der Waals surface area contributed by atoms with E-state index in [-0.39, 0.29) is 5.91 Å². The number of likely N-dealkylation sites (N-methyl/N-ethyl adjacent to an activating group) is 2. The van der Waals surface area contributed by atoms with Gasteiger partial charge in [-0.1, -0.05) is 36.4 Å². The fourth-order valence-corrected chi connectivity index (χ4v) is 2.41. The predicted molar refractivity (Wildman–Crippen MR) is 89.2 cm³/mol. The quantitative estimate of drug-likeness (QED) is 0.768. The normalized spacial score (nSPS) is 10.9. The Kier molecular flexibility index (Phi) is 5.28. The van der Waals surface area contributed by atoms with Crippen molar-refractivity contribution in [3.63, 3.8) is 0 Å². The molecule has 0 fully saturated rings. The molecule has 116 valence electrons. The third-order valence-corrected chi connectivity index (χ3v) is 3.83. The zero-order valence-electron chi connectivity index (χ0n) is 13.4. The van der Waals surface area contributed by atoms with E-state index in [2.05, 4.69) is 4.90 Å². The van der Waals surface area contributed by atoms with Crippen LogP contribution >= 0.6 is 0 Å². The first-order valence-electron chi connectivity index (χ1n) is 7.37. The Labute approximate surface area is 131 Å². The highest BCUT2D eigenvalue weighted by molar-refractivity contribution is 6.00. The molecule has 4 nitrogen and oxygen atoms in total. The van der Waals surface area contributed by atoms with Gasteiger partial charge in [-0.15, -0.1) is 0 Å². The van der Waals surface area contributed by atoms with Crippen molar-refractivity contribution in [2.45, 2.75) is 6.42 Å². The average molecular weight is 298 g/mol. The van der Waals surface area contributed by atoms with Gasteiger partial charge in [0.2, 0.25) is 5.91 Å². The zero-order chi connectivity index (χ0) is 16.1. The molecule has 0 aliphatic carbocycles. The summed E-state index contributed by atoms with van der Waals surface area (Å²) in [5.74, 6) is 0.0888. The lowest BCUT2D eigenvalue weighted by molar-refractivity contribution is -0.129. The van der Waals surface area contributed by atoms with Crippen molar-refractivity contribution in [3.8, 4) is 0 Å². The van der Waals surface area contributed by atoms with Crippen LogP contribution in [0, 0.1) is 0 Å². The number of carbonyl (C=O) groups excluding carboxylic acids is 2. The van der Waals surface area contributed by atoms with Crippen molar-refractivity contribution in [2.24, 2.45) is 0 Å². The molecule has 0 saturated carbocycles. The zero-order valence-corrected chi connectivity index (χ0v) is 13.4. The summed E-state index contributed by atoms with van der Waals surface area (Å²) in [6, 6.07) is 11.4. The first-order valence-corrected chi connectivity index (χ1v) is 7.37. The van der Waals surface area contributed by atoms with E-state index in [1.807, 2.05) is 51.5 Å². The molecule has 22 heavy (non-hydrogen) atoms. The largest absolute Gasteiger partial charge is 0.344 e. The van der Waals surface area contributed by atoms with Gasteiger partial charge in [0.15, 0.2) is 6.29 Å². The van der Waals surface area contributed by atoms with Gasteiger partial charge in [-0.25, -0.2) is 0 Å². The Balaban J connectivity index is 2.21. The van der Waals surface area contributed by atoms with Crippen molar-refractivity contribution >= 4 is 23.0 Å². The Bertz CT molecular complexity index is 680. The molecule has 2 rings (SSSR count). The van der Waals surface area contributed by atoms with Crippen molar-refractivity contribution in [1.29, 1.82) is 0 Å². The van der Waals surface area contributed by atoms with Crippen LogP contribution in [0.25, 0.3) is 10.8 Å². The van der Waals surface area contributed by atoms with Gasteiger partial charge < -0.3 is 9.80 Å². The monoisotopic (exact) mass is 298 g/mol. The van der Waals surface area contributed by atoms with E-state index in [4.69, 9.17) is 0 Å². The molecule has 0 saturated heterocycles. The van der Waals surface area contributed by atoms with Gasteiger partial charge in [-0.3, -0.25) is 9.59 Å². The topological polar surface area (TPSA) is 40.6 Å². The highest BCUT2D eigenvalue weighted by Crippen LogP contribution is 2.22. The highest BCUT2D eigenvalue weighted by atomic mass is 16.2. The molecule has 0 radical (unpaired) electrons. The van der Waals surface area contributed by atoms with Crippen molar-refractivity contribution in [1.82, 2.24) is 9.80 Å². The number of hydrogen-bond acceptors (Lipinski definition) is 3. The molecule has 2 aromatic rings. The lowest BCUT2D eigenvalue weighted by Gasteiger charge is -2.20. The molecule has 0 aromatic heterocycles. The molecule has 0 heterocycles. The number of amides is 1. The van der Waals surface area contributed by atoms with Crippen LogP contribution in [0.4, 0.5) is 0 Å². The molecule has 0 spiro atoms. The van der Waals surface area contributed by atoms with Gasteiger partial charge in [0.05, 0.1) is 6.42 Å². The molecule has 1 amide bonds. The summed E-state index contributed by atoms with van der Waals surface area (Å²) in [6.07, 6.45) is 1.21. The molecule has 0 unspecified atom stereocenters. The van der Waals surface area contributed by atoms with Crippen LogP contribution in [0.5, 0.6) is 0 Å². The van der Waals surface area contributed by atoms with Crippen molar-refractivity contribution < 1.29 is 9.59 Å². The van der Waals surface area contributed by atoms with Gasteiger partial charge in [-0.2, -0.15) is 0 Å². The van der Waals surface area contributed by atoms with Gasteiger partial charge in [0, 0.05) is 25.7 Å². The van der Waals surface area contributed by atoms with Gasteiger partial charge in [-0.05, 0) is 30.4 Å². The number of hydrogen-bond donors (Lipinski definition) is 0. The Morgan fingerprint density at radius 1 is 1.00 bits per heavy atom. The lowest BCUT2D eigenvalue weighted by Crippen LogP contribution is -2.34. The van der Waals surface area contributed by atoms with Crippen LogP contribution in [-0.4, -0.2) is 56.2 Å². The van der Waals surface area contributed by atoms with Crippen molar-refractivity contribution in [3.05, 3.63) is 47.5 Å². The molecular weight excluding hydrogens is 276 g/mol. The first kappa shape index (κ1) is 16.2. The molecule has 0 atom stereocenters. The third kappa shape index (κ3) is 3.71. The number of nitrogens with zero attached hydrogens (tertiary/aromatic N) is 2. The Morgan fingerprint density at radius 3 is 2.32 bits per heavy atom. The van der Waals surface area contributed by atoms with E-state index in [9.17, 15) is 9.59 Å². The van der Waals surface area contributed by atoms with Gasteiger partial charge in [0.1, 0.15) is 0 Å². The summed E-state index contributed by atoms with van der Waals surface area (Å²) in [5.41, 5.74) is 1.62. The van der Waals surface area contributed by atoms with Crippen LogP contribution in [0.2, 0.25) is 0 Å². The number of carbonyl (C=O) groups is 2. The predicted octanol–water partition coefficient (Wildman–Crippen LogP) is 2.21. The summed E-state index contributed by atoms with van der Waals surface area (Å²) in [4.78, 5) is 27.3. The molecule has 4 heteroatoms. The van der Waals surface area contributed by atoms with Gasteiger partial charge >= 0.3 is 0 Å². The maximum absolute atomic E-state index is 12.4. The summed E-state index contributed by atoms with van der Waals surface area (Å²) in [6.45, 7) is 1.54. The van der Waals surface area contributed by atoms with Crippen LogP contribution in [0.1, 0.15) is 15.9 Å². The van der Waals surface area contributed by atoms with E-state index in [1.54, 1.807) is 11.0 Å². The van der Waals surface area contributed by atoms with E-state index < -0.39 is 0 Å². The average Bonchev–Trinajstić information content (AvgIpc) is 2.52. The molecule has 0 aliphatic rings. The van der Waals surface area contributed by atoms with Crippen molar-refractivity contribution in [2.75, 3.05) is 34.2 Å². The SMILES string of the molecule is CN(C)CCN(C)C(=O)Cc1ccc(C=O)c2ccccc12. The van der Waals surface area contributed by atoms with E-state index >= 15 is 0 Å². The molecular formula is C18H22N2O2. The second kappa shape index (κ2) is 7.18. The Morgan fingerprint density at radius 2 is 1.68 bits per heavy atom. The van der Waals surface area contributed by atoms with E-state index in [0.29, 0.717) is 18.5 Å². The summed E-state index contributed by atoms with van der Waals surface area (Å²) in [7, 11) is 5.81. The molecule has 0 N–H and O–H groups in total. The number of benzene rings is 2. The summed E-state index contributed by atoms with van der Waals surface area (Å²) in [5, 5.41) is 1.88. The maximum atomic E-state index is 12.4. The number of fused-ring (bicyclic) bond motifs is 1. The number of aldehydes is 1. The minimum Gasteiger partial charge on any atom is -0.344 e. The minimum absolute atomic E-state index is 0.0888. The maximum Gasteiger partial charge on any atom is 0.226 e. The van der Waals surface area contributed by atoms with Crippen LogP contribution in [0.3, 0.4) is 0 Å². The first-order chi connectivity index (χ1) is 10.5. The minimum atomic E-state index is 0.0888.